The molecule has 2 amide bonds. The van der Waals surface area contributed by atoms with Gasteiger partial charge in [-0.3, -0.25) is 14.6 Å². The van der Waals surface area contributed by atoms with Crippen LogP contribution in [0, 0.1) is 23.6 Å². The van der Waals surface area contributed by atoms with Crippen LogP contribution in [0.1, 0.15) is 27.1 Å². The molecule has 44 heavy (non-hydrogen) atoms. The van der Waals surface area contributed by atoms with Gasteiger partial charge in [-0.1, -0.05) is 18.2 Å². The number of rotatable bonds is 8. The van der Waals surface area contributed by atoms with Gasteiger partial charge in [-0.05, 0) is 48.6 Å². The number of ether oxygens (including phenoxy) is 1. The highest BCUT2D eigenvalue weighted by molar-refractivity contribution is 7.92. The van der Waals surface area contributed by atoms with Crippen molar-refractivity contribution >= 4 is 33.3 Å². The van der Waals surface area contributed by atoms with Gasteiger partial charge in [0, 0.05) is 41.3 Å². The van der Waals surface area contributed by atoms with Gasteiger partial charge in [0.2, 0.25) is 5.91 Å². The molecule has 1 saturated carbocycles. The van der Waals surface area contributed by atoms with E-state index < -0.39 is 55.8 Å². The molecule has 0 radical (unpaired) electrons. The van der Waals surface area contributed by atoms with Crippen molar-refractivity contribution in [2.75, 3.05) is 12.4 Å². The van der Waals surface area contributed by atoms with Crippen LogP contribution in [0.3, 0.4) is 0 Å². The van der Waals surface area contributed by atoms with Crippen LogP contribution in [-0.2, 0) is 14.6 Å². The number of carboxylic acid groups (broad SMARTS) is 1. The van der Waals surface area contributed by atoms with E-state index in [1.54, 1.807) is 6.08 Å². The number of methoxy groups -OCH3 is 1. The highest BCUT2D eigenvalue weighted by atomic mass is 32.2. The lowest BCUT2D eigenvalue weighted by Crippen LogP contribution is -2.47. The first-order valence-electron chi connectivity index (χ1n) is 13.0. The third-order valence-corrected chi connectivity index (χ3v) is 9.09. The number of alkyl halides is 3. The van der Waals surface area contributed by atoms with E-state index in [0.29, 0.717) is 12.5 Å². The number of amides is 2. The number of carboxylic acids is 1. The van der Waals surface area contributed by atoms with Crippen molar-refractivity contribution < 1.29 is 50.2 Å². The van der Waals surface area contributed by atoms with Crippen LogP contribution in [0.2, 0.25) is 0 Å². The number of carbonyl (C=O) groups excluding carboxylic acids is 2. The fraction of sp³-hybridized carbons (Fsp3) is 0.241. The zero-order chi connectivity index (χ0) is 32.0. The lowest BCUT2D eigenvalue weighted by Gasteiger charge is -2.28. The number of pyridine rings is 1. The summed E-state index contributed by atoms with van der Waals surface area (Å²) in [6, 6.07) is 6.32. The van der Waals surface area contributed by atoms with Crippen LogP contribution in [-0.4, -0.2) is 55.0 Å². The maximum atomic E-state index is 15.0. The molecule has 10 nitrogen and oxygen atoms in total. The fourth-order valence-electron chi connectivity index (χ4n) is 5.53. The Kier molecular flexibility index (Phi) is 7.92. The third kappa shape index (κ3) is 5.62. The van der Waals surface area contributed by atoms with Crippen LogP contribution < -0.4 is 15.4 Å². The Labute approximate surface area is 247 Å². The summed E-state index contributed by atoms with van der Waals surface area (Å²) >= 11 is 0. The number of aromatic carboxylic acids is 1. The fourth-order valence-corrected chi connectivity index (χ4v) is 6.34. The summed E-state index contributed by atoms with van der Waals surface area (Å²) < 4.78 is 83.0. The van der Waals surface area contributed by atoms with Crippen molar-refractivity contribution in [3.63, 3.8) is 0 Å². The molecule has 15 heteroatoms. The predicted molar refractivity (Wildman–Crippen MR) is 147 cm³/mol. The quantitative estimate of drug-likeness (QED) is 0.243. The second-order valence-corrected chi connectivity index (χ2v) is 12.2. The van der Waals surface area contributed by atoms with E-state index in [1.165, 1.54) is 31.5 Å². The molecule has 2 bridgehead atoms. The molecule has 3 aromatic rings. The number of nitrogens with zero attached hydrogens (tertiary/aromatic N) is 1. The molecule has 0 spiro atoms. The molecule has 4 atom stereocenters. The number of hydrogen-bond donors (Lipinski definition) is 3. The summed E-state index contributed by atoms with van der Waals surface area (Å²) in [4.78, 5) is 41.1. The zero-order valence-electron chi connectivity index (χ0n) is 22.6. The van der Waals surface area contributed by atoms with E-state index in [-0.39, 0.29) is 45.5 Å². The summed E-state index contributed by atoms with van der Waals surface area (Å²) in [6.07, 6.45) is 6.42. The highest BCUT2D eigenvalue weighted by Gasteiger charge is 2.49. The number of nitrogens with one attached hydrogen (secondary N) is 2. The van der Waals surface area contributed by atoms with Gasteiger partial charge in [0.05, 0.1) is 29.1 Å². The molecule has 0 aliphatic heterocycles. The first kappa shape index (κ1) is 30.7. The molecule has 1 fully saturated rings. The number of anilines is 1. The molecule has 2 aliphatic rings. The Bertz CT molecular complexity index is 1810. The van der Waals surface area contributed by atoms with E-state index in [4.69, 9.17) is 4.74 Å². The van der Waals surface area contributed by atoms with E-state index in [9.17, 15) is 41.1 Å². The van der Waals surface area contributed by atoms with E-state index in [1.807, 2.05) is 6.08 Å². The second kappa shape index (κ2) is 11.4. The van der Waals surface area contributed by atoms with Gasteiger partial charge in [-0.2, -0.15) is 13.2 Å². The first-order valence-corrected chi connectivity index (χ1v) is 14.5. The van der Waals surface area contributed by atoms with E-state index in [2.05, 4.69) is 15.6 Å². The monoisotopic (exact) mass is 633 g/mol. The summed E-state index contributed by atoms with van der Waals surface area (Å²) in [5.74, 6) is -5.09. The van der Waals surface area contributed by atoms with Gasteiger partial charge >= 0.3 is 11.5 Å². The Morgan fingerprint density at radius 1 is 1.05 bits per heavy atom. The molecular weight excluding hydrogens is 610 g/mol. The Morgan fingerprint density at radius 2 is 1.77 bits per heavy atom. The van der Waals surface area contributed by atoms with Crippen LogP contribution >= 0.6 is 0 Å². The van der Waals surface area contributed by atoms with Gasteiger partial charge in [0.15, 0.2) is 0 Å². The van der Waals surface area contributed by atoms with Crippen molar-refractivity contribution in [2.24, 2.45) is 17.8 Å². The number of hydrogen-bond acceptors (Lipinski definition) is 7. The molecule has 0 saturated heterocycles. The minimum atomic E-state index is -5.65. The lowest BCUT2D eigenvalue weighted by molar-refractivity contribution is -0.121. The number of carbonyl (C=O) groups is 3. The number of benzene rings is 2. The third-order valence-electron chi connectivity index (χ3n) is 7.61. The zero-order valence-corrected chi connectivity index (χ0v) is 23.4. The number of halogens is 4. The molecule has 1 aromatic heterocycles. The molecular formula is C29H23F4N3O7S. The second-order valence-electron chi connectivity index (χ2n) is 10.2. The molecule has 3 N–H and O–H groups in total. The van der Waals surface area contributed by atoms with Crippen LogP contribution in [0.25, 0.3) is 11.1 Å². The van der Waals surface area contributed by atoms with Gasteiger partial charge < -0.3 is 20.5 Å². The maximum absolute atomic E-state index is 15.0. The largest absolute Gasteiger partial charge is 0.501 e. The number of fused-ring (bicyclic) bond motifs is 2. The maximum Gasteiger partial charge on any atom is 0.501 e. The van der Waals surface area contributed by atoms with Gasteiger partial charge in [0.25, 0.3) is 15.7 Å². The van der Waals surface area contributed by atoms with Crippen molar-refractivity contribution in [1.29, 1.82) is 0 Å². The van der Waals surface area contributed by atoms with Crippen molar-refractivity contribution in [1.82, 2.24) is 10.3 Å². The van der Waals surface area contributed by atoms with E-state index >= 15 is 4.39 Å². The highest BCUT2D eigenvalue weighted by Crippen LogP contribution is 2.45. The molecule has 1 heterocycles. The molecule has 0 unspecified atom stereocenters. The van der Waals surface area contributed by atoms with Crippen LogP contribution in [0.5, 0.6) is 5.75 Å². The standard InChI is InChI=1S/C29H23F4N3O7S/c1-43-23-11-22(30)20(16-8-17(28(39)40)13-34-12-16)10-21(23)26(37)36-25-15-6-5-14(7-15)24(25)27(38)35-18-3-2-4-19(9-18)44(41,42)29(31,32)33/h2-6,8-15,24-25H,7H2,1H3,(H,35,38)(H,36,37)(H,39,40)/t14-,15+,24+,25-/m1/s1. The number of aromatic nitrogens is 1. The van der Waals surface area contributed by atoms with E-state index in [0.717, 1.165) is 24.4 Å². The van der Waals surface area contributed by atoms with Crippen molar-refractivity contribution in [3.8, 4) is 16.9 Å². The van der Waals surface area contributed by atoms with Crippen LogP contribution in [0.15, 0.2) is 71.9 Å². The summed E-state index contributed by atoms with van der Waals surface area (Å²) in [7, 11) is -4.43. The summed E-state index contributed by atoms with van der Waals surface area (Å²) in [5, 5.41) is 14.5. The number of sulfone groups is 1. The average molecular weight is 634 g/mol. The predicted octanol–water partition coefficient (Wildman–Crippen LogP) is 4.45. The van der Waals surface area contributed by atoms with Gasteiger partial charge in [-0.15, -0.1) is 0 Å². The minimum Gasteiger partial charge on any atom is -0.496 e. The molecule has 2 aromatic carbocycles. The van der Waals surface area contributed by atoms with Crippen molar-refractivity contribution in [2.45, 2.75) is 22.9 Å². The normalized spacial score (nSPS) is 20.8. The number of allylic oxidation sites excluding steroid dienone is 1. The Balaban J connectivity index is 1.41. The smallest absolute Gasteiger partial charge is 0.496 e. The van der Waals surface area contributed by atoms with Gasteiger partial charge in [0.1, 0.15) is 11.6 Å². The Hall–Kier alpha value is -4.79. The average Bonchev–Trinajstić information content (AvgIpc) is 3.58. The molecule has 5 rings (SSSR count). The topological polar surface area (TPSA) is 152 Å². The minimum absolute atomic E-state index is 0.0916. The lowest BCUT2D eigenvalue weighted by atomic mass is 9.87. The summed E-state index contributed by atoms with van der Waals surface area (Å²) in [5.41, 5.74) is -6.05. The van der Waals surface area contributed by atoms with Gasteiger partial charge in [-0.25, -0.2) is 17.6 Å². The Morgan fingerprint density at radius 3 is 2.45 bits per heavy atom. The SMILES string of the molecule is COc1cc(F)c(-c2cncc(C(=O)O)c2)cc1C(=O)N[C@H]1[C@@H](C(=O)Nc2cccc(S(=O)(=O)C(F)(F)F)c2)[C@@H]2C=C[C@H]1C2. The first-order chi connectivity index (χ1) is 20.7. The molecule has 2 aliphatic carbocycles. The van der Waals surface area contributed by atoms with Crippen LogP contribution in [0.4, 0.5) is 23.2 Å². The molecule has 230 valence electrons. The van der Waals surface area contributed by atoms with Crippen molar-refractivity contribution in [3.05, 3.63) is 84.0 Å². The summed E-state index contributed by atoms with van der Waals surface area (Å²) in [6.45, 7) is 0.